The number of halogens is 2. The zero-order valence-electron chi connectivity index (χ0n) is 17.6. The van der Waals surface area contributed by atoms with E-state index in [1.54, 1.807) is 6.92 Å². The lowest BCUT2D eigenvalue weighted by atomic mass is 9.48. The number of amidine groups is 1. The van der Waals surface area contributed by atoms with Crippen molar-refractivity contribution in [1.82, 2.24) is 0 Å². The van der Waals surface area contributed by atoms with Gasteiger partial charge in [-0.05, 0) is 75.0 Å². The van der Waals surface area contributed by atoms with Crippen LogP contribution in [0.5, 0.6) is 0 Å². The molecule has 4 fully saturated rings. The highest BCUT2D eigenvalue weighted by Crippen LogP contribution is 2.60. The van der Waals surface area contributed by atoms with Gasteiger partial charge in [-0.2, -0.15) is 5.26 Å². The first-order chi connectivity index (χ1) is 14.7. The first-order valence-electron chi connectivity index (χ1n) is 10.7. The number of hydrogen-bond donors (Lipinski definition) is 2. The van der Waals surface area contributed by atoms with Crippen LogP contribution in [0.1, 0.15) is 51.0 Å². The van der Waals surface area contributed by atoms with Crippen LogP contribution >= 0.6 is 0 Å². The predicted molar refractivity (Wildman–Crippen MR) is 110 cm³/mol. The highest BCUT2D eigenvalue weighted by Gasteiger charge is 2.58. The fourth-order valence-corrected chi connectivity index (χ4v) is 6.06. The van der Waals surface area contributed by atoms with E-state index in [-0.39, 0.29) is 48.2 Å². The topological polar surface area (TPSA) is 114 Å². The van der Waals surface area contributed by atoms with Crippen molar-refractivity contribution in [2.24, 2.45) is 39.6 Å². The van der Waals surface area contributed by atoms with Gasteiger partial charge in [-0.15, -0.1) is 0 Å². The van der Waals surface area contributed by atoms with Gasteiger partial charge < -0.3 is 16.2 Å². The number of nitrogens with two attached hydrogens (primary N) is 2. The molecule has 0 spiro atoms. The van der Waals surface area contributed by atoms with Gasteiger partial charge in [0, 0.05) is 11.0 Å². The van der Waals surface area contributed by atoms with Crippen LogP contribution in [0.15, 0.2) is 23.2 Å². The van der Waals surface area contributed by atoms with Gasteiger partial charge in [0.15, 0.2) is 0 Å². The number of nitrogens with zero attached hydrogens (tertiary/aromatic N) is 2. The highest BCUT2D eigenvalue weighted by molar-refractivity contribution is 5.89. The Morgan fingerprint density at radius 2 is 1.97 bits per heavy atom. The van der Waals surface area contributed by atoms with E-state index < -0.39 is 22.7 Å². The Morgan fingerprint density at radius 1 is 1.29 bits per heavy atom. The van der Waals surface area contributed by atoms with E-state index in [1.807, 2.05) is 0 Å². The van der Waals surface area contributed by atoms with E-state index in [0.717, 1.165) is 50.3 Å². The van der Waals surface area contributed by atoms with E-state index >= 15 is 0 Å². The summed E-state index contributed by atoms with van der Waals surface area (Å²) < 4.78 is 33.3. The van der Waals surface area contributed by atoms with Crippen LogP contribution in [-0.4, -0.2) is 23.4 Å². The predicted octanol–water partition coefficient (Wildman–Crippen LogP) is 3.19. The number of primary amides is 1. The third-order valence-electron chi connectivity index (χ3n) is 7.55. The molecule has 4 N–H and O–H groups in total. The molecule has 0 aromatic heterocycles. The Hall–Kier alpha value is -2.53. The number of nitriles is 1. The molecule has 0 heterocycles. The lowest BCUT2D eigenvalue weighted by Crippen LogP contribution is -2.58. The first kappa shape index (κ1) is 21.7. The normalized spacial score (nSPS) is 33.7. The SMILES string of the molecule is CC(CC#N)(OCc1cc(F)ccc1F)C(N)=NC1C2CC3CC1CC(C(N)=O)(C3)C2. The Morgan fingerprint density at radius 3 is 2.58 bits per heavy atom. The molecule has 1 aromatic rings. The van der Waals surface area contributed by atoms with Crippen LogP contribution in [0.3, 0.4) is 0 Å². The summed E-state index contributed by atoms with van der Waals surface area (Å²) in [6.45, 7) is 1.41. The monoisotopic (exact) mass is 430 g/mol. The molecule has 4 aliphatic carbocycles. The summed E-state index contributed by atoms with van der Waals surface area (Å²) in [6, 6.07) is 5.15. The molecule has 8 heteroatoms. The molecule has 6 nitrogen and oxygen atoms in total. The quantitative estimate of drug-likeness (QED) is 0.511. The van der Waals surface area contributed by atoms with Crippen molar-refractivity contribution in [3.05, 3.63) is 35.4 Å². The summed E-state index contributed by atoms with van der Waals surface area (Å²) in [5.41, 5.74) is 10.5. The molecular formula is C23H28F2N4O2. The van der Waals surface area contributed by atoms with Crippen LogP contribution in [0.25, 0.3) is 0 Å². The van der Waals surface area contributed by atoms with Gasteiger partial charge in [-0.25, -0.2) is 8.78 Å². The molecule has 5 rings (SSSR count). The average molecular weight is 430 g/mol. The van der Waals surface area contributed by atoms with Gasteiger partial charge >= 0.3 is 0 Å². The maximum atomic E-state index is 14.0. The standard InChI is InChI=1S/C23H28F2N4O2/c1-22(4-5-26,31-12-16-8-17(24)2-3-18(16)25)20(27)29-19-14-6-13-7-15(19)11-23(9-13,10-14)21(28)30/h2-3,8,13-15,19H,4,6-7,9-12H2,1H3,(H2,27,29)(H2,28,30). The Kier molecular flexibility index (Phi) is 5.50. The molecule has 166 valence electrons. The molecule has 3 unspecified atom stereocenters. The van der Waals surface area contributed by atoms with Gasteiger partial charge in [-0.1, -0.05) is 0 Å². The summed E-state index contributed by atoms with van der Waals surface area (Å²) in [5.74, 6) is -0.243. The Bertz CT molecular complexity index is 943. The second kappa shape index (κ2) is 7.86. The first-order valence-corrected chi connectivity index (χ1v) is 10.7. The van der Waals surface area contributed by atoms with Crippen molar-refractivity contribution in [3.8, 4) is 6.07 Å². The van der Waals surface area contributed by atoms with Gasteiger partial charge in [0.1, 0.15) is 23.1 Å². The minimum atomic E-state index is -1.23. The van der Waals surface area contributed by atoms with Crippen molar-refractivity contribution in [2.45, 2.75) is 63.7 Å². The minimum Gasteiger partial charge on any atom is -0.385 e. The number of hydrogen-bond acceptors (Lipinski definition) is 4. The molecule has 4 saturated carbocycles. The second-order valence-electron chi connectivity index (χ2n) is 9.71. The maximum Gasteiger partial charge on any atom is 0.223 e. The largest absolute Gasteiger partial charge is 0.385 e. The molecule has 0 aliphatic heterocycles. The molecule has 3 atom stereocenters. The molecule has 31 heavy (non-hydrogen) atoms. The fourth-order valence-electron chi connectivity index (χ4n) is 6.06. The average Bonchev–Trinajstić information content (AvgIpc) is 2.71. The number of carbonyl (C=O) groups excluding carboxylic acids is 1. The maximum absolute atomic E-state index is 14.0. The zero-order valence-corrected chi connectivity index (χ0v) is 17.6. The molecule has 4 aliphatic rings. The number of ether oxygens (including phenoxy) is 1. The van der Waals surface area contributed by atoms with Gasteiger partial charge in [0.25, 0.3) is 0 Å². The van der Waals surface area contributed by atoms with Crippen LogP contribution in [-0.2, 0) is 16.1 Å². The number of benzene rings is 1. The molecule has 4 bridgehead atoms. The molecule has 0 radical (unpaired) electrons. The smallest absolute Gasteiger partial charge is 0.223 e. The third-order valence-corrected chi connectivity index (χ3v) is 7.55. The van der Waals surface area contributed by atoms with Crippen molar-refractivity contribution < 1.29 is 18.3 Å². The van der Waals surface area contributed by atoms with Crippen LogP contribution in [0.4, 0.5) is 8.78 Å². The minimum absolute atomic E-state index is 0.0449. The number of carbonyl (C=O) groups is 1. The van der Waals surface area contributed by atoms with Crippen LogP contribution < -0.4 is 11.5 Å². The van der Waals surface area contributed by atoms with Crippen LogP contribution in [0.2, 0.25) is 0 Å². The lowest BCUT2D eigenvalue weighted by molar-refractivity contribution is -0.144. The summed E-state index contributed by atoms with van der Waals surface area (Å²) >= 11 is 0. The summed E-state index contributed by atoms with van der Waals surface area (Å²) in [4.78, 5) is 17.0. The van der Waals surface area contributed by atoms with Crippen molar-refractivity contribution in [2.75, 3.05) is 0 Å². The van der Waals surface area contributed by atoms with Crippen molar-refractivity contribution in [1.29, 1.82) is 5.26 Å². The van der Waals surface area contributed by atoms with Gasteiger partial charge in [0.2, 0.25) is 5.91 Å². The van der Waals surface area contributed by atoms with Gasteiger partial charge in [0.05, 0.1) is 25.1 Å². The molecule has 1 amide bonds. The second-order valence-corrected chi connectivity index (χ2v) is 9.71. The fraction of sp³-hybridized carbons (Fsp3) is 0.609. The molecular weight excluding hydrogens is 402 g/mol. The summed E-state index contributed by atoms with van der Waals surface area (Å²) in [5, 5.41) is 9.32. The zero-order chi connectivity index (χ0) is 22.4. The number of aliphatic imine (C=N–C) groups is 1. The Balaban J connectivity index is 1.54. The van der Waals surface area contributed by atoms with E-state index in [9.17, 15) is 18.8 Å². The van der Waals surface area contributed by atoms with Crippen molar-refractivity contribution in [3.63, 3.8) is 0 Å². The van der Waals surface area contributed by atoms with E-state index in [4.69, 9.17) is 21.2 Å². The van der Waals surface area contributed by atoms with Crippen molar-refractivity contribution >= 4 is 11.7 Å². The molecule has 1 aromatic carbocycles. The van der Waals surface area contributed by atoms with Gasteiger partial charge in [-0.3, -0.25) is 9.79 Å². The number of amides is 1. The number of rotatable bonds is 7. The van der Waals surface area contributed by atoms with E-state index in [2.05, 4.69) is 6.07 Å². The summed E-state index contributed by atoms with van der Waals surface area (Å²) in [6.07, 6.45) is 4.24. The van der Waals surface area contributed by atoms with E-state index in [0.29, 0.717) is 5.92 Å². The molecule has 0 saturated heterocycles. The van der Waals surface area contributed by atoms with E-state index in [1.165, 1.54) is 0 Å². The summed E-state index contributed by atoms with van der Waals surface area (Å²) in [7, 11) is 0. The highest BCUT2D eigenvalue weighted by atomic mass is 19.1. The van der Waals surface area contributed by atoms with Crippen LogP contribution in [0, 0.1) is 46.1 Å². The Labute approximate surface area is 180 Å². The third kappa shape index (κ3) is 3.91. The lowest BCUT2D eigenvalue weighted by Gasteiger charge is -2.57.